The number of nitrogens with two attached hydrogens (primary N) is 1. The molecule has 0 aliphatic rings. The minimum atomic E-state index is -0.704. The van der Waals surface area contributed by atoms with Gasteiger partial charge in [-0.1, -0.05) is 30.3 Å². The van der Waals surface area contributed by atoms with E-state index in [1.165, 1.54) is 0 Å². The van der Waals surface area contributed by atoms with Crippen LogP contribution in [-0.2, 0) is 0 Å². The highest BCUT2D eigenvalue weighted by Crippen LogP contribution is 2.50. The Morgan fingerprint density at radius 1 is 1.04 bits per heavy atom. The number of nitrogen functional groups attached to an aromatic ring is 1. The van der Waals surface area contributed by atoms with E-state index in [1.54, 1.807) is 36.4 Å². The first-order valence-corrected chi connectivity index (χ1v) is 8.22. The maximum Gasteiger partial charge on any atom is 0.336 e. The number of benzene rings is 3. The number of hydrogen-bond donors (Lipinski definition) is 2. The third-order valence-electron chi connectivity index (χ3n) is 4.20. The van der Waals surface area contributed by atoms with Gasteiger partial charge in [0.1, 0.15) is 17.1 Å². The number of azo groups is 1. The zero-order valence-electron chi connectivity index (χ0n) is 15.2. The molecule has 0 aliphatic carbocycles. The highest BCUT2D eigenvalue weighted by atomic mass is 16.6. The lowest BCUT2D eigenvalue weighted by Crippen LogP contribution is -2.34. The molecule has 0 radical (unpaired) electrons. The number of hydrogen-bond acceptors (Lipinski definition) is 6. The van der Waals surface area contributed by atoms with Crippen LogP contribution < -0.4 is 10.2 Å². The minimum absolute atomic E-state index is 0.0263. The van der Waals surface area contributed by atoms with Gasteiger partial charge in [-0.15, -0.1) is 5.11 Å². The fraction of sp³-hybridized carbons (Fsp3) is 0.158. The molecule has 0 saturated heterocycles. The average molecular weight is 366 g/mol. The molecule has 0 unspecified atom stereocenters. The molecule has 0 amide bonds. The lowest BCUT2D eigenvalue weighted by molar-refractivity contribution is -0.384. The summed E-state index contributed by atoms with van der Waals surface area (Å²) in [6.45, 7) is 0. The van der Waals surface area contributed by atoms with E-state index in [2.05, 4.69) is 10.2 Å². The van der Waals surface area contributed by atoms with Crippen molar-refractivity contribution in [1.82, 2.24) is 4.48 Å². The molecule has 3 N–H and O–H groups in total. The van der Waals surface area contributed by atoms with Crippen LogP contribution in [0.25, 0.3) is 10.8 Å². The lowest BCUT2D eigenvalue weighted by atomic mass is 10.0. The Morgan fingerprint density at radius 3 is 2.30 bits per heavy atom. The first-order chi connectivity index (χ1) is 12.7. The van der Waals surface area contributed by atoms with Gasteiger partial charge in [-0.05, 0) is 18.2 Å². The molecule has 138 valence electrons. The fourth-order valence-corrected chi connectivity index (χ4v) is 2.94. The van der Waals surface area contributed by atoms with Crippen LogP contribution in [-0.4, -0.2) is 31.2 Å². The molecule has 0 saturated carbocycles. The topological polar surface area (TPSA) is 114 Å². The van der Waals surface area contributed by atoms with Gasteiger partial charge in [0, 0.05) is 5.39 Å². The Kier molecular flexibility index (Phi) is 4.50. The molecule has 3 rings (SSSR count). The van der Waals surface area contributed by atoms with Crippen molar-refractivity contribution in [1.29, 1.82) is 0 Å². The van der Waals surface area contributed by atoms with Gasteiger partial charge in [-0.3, -0.25) is 14.6 Å². The van der Waals surface area contributed by atoms with Crippen molar-refractivity contribution < 1.29 is 10.0 Å². The Bertz CT molecular complexity index is 1060. The largest absolute Gasteiger partial charge is 0.500 e. The second-order valence-corrected chi connectivity index (χ2v) is 6.96. The smallest absolute Gasteiger partial charge is 0.336 e. The summed E-state index contributed by atoms with van der Waals surface area (Å²) in [5.74, 6) is -0.592. The summed E-state index contributed by atoms with van der Waals surface area (Å²) >= 11 is 0. The normalized spacial score (nSPS) is 12.0. The van der Waals surface area contributed by atoms with Crippen LogP contribution in [0.4, 0.5) is 28.4 Å². The van der Waals surface area contributed by atoms with Crippen molar-refractivity contribution in [3.05, 3.63) is 58.6 Å². The second-order valence-electron chi connectivity index (χ2n) is 6.96. The molecule has 3 aromatic rings. The van der Waals surface area contributed by atoms with Crippen molar-refractivity contribution in [2.45, 2.75) is 0 Å². The third kappa shape index (κ3) is 3.30. The van der Waals surface area contributed by atoms with Crippen molar-refractivity contribution >= 4 is 39.2 Å². The number of phenolic OH excluding ortho intramolecular Hbond substituents is 1. The Balaban J connectivity index is 2.41. The second kappa shape index (κ2) is 6.65. The van der Waals surface area contributed by atoms with E-state index in [4.69, 9.17) is 5.73 Å². The number of fused-ring (bicyclic) bond motifs is 1. The SMILES string of the molecule is C[N+](C)(C)c1cccc2c(N)c([N+](=O)[O-])c(O)c(N=Nc3ccccc3)c12. The molecular formula is C19H20N5O3+. The molecule has 3 aromatic carbocycles. The van der Waals surface area contributed by atoms with Crippen LogP contribution in [0.2, 0.25) is 0 Å². The quantitative estimate of drug-likeness (QED) is 0.230. The Hall–Kier alpha value is -3.52. The van der Waals surface area contributed by atoms with Crippen LogP contribution in [0, 0.1) is 10.1 Å². The van der Waals surface area contributed by atoms with Gasteiger partial charge in [0.25, 0.3) is 0 Å². The minimum Gasteiger partial charge on any atom is -0.500 e. The molecule has 0 bridgehead atoms. The van der Waals surface area contributed by atoms with Crippen molar-refractivity contribution in [3.8, 4) is 5.75 Å². The maximum atomic E-state index is 11.5. The zero-order valence-corrected chi connectivity index (χ0v) is 15.2. The molecule has 0 spiro atoms. The van der Waals surface area contributed by atoms with E-state index in [-0.39, 0.29) is 11.4 Å². The number of rotatable bonds is 4. The monoisotopic (exact) mass is 366 g/mol. The maximum absolute atomic E-state index is 11.5. The molecular weight excluding hydrogens is 346 g/mol. The summed E-state index contributed by atoms with van der Waals surface area (Å²) in [6, 6.07) is 14.3. The van der Waals surface area contributed by atoms with Crippen LogP contribution in [0.3, 0.4) is 0 Å². The van der Waals surface area contributed by atoms with Gasteiger partial charge >= 0.3 is 5.69 Å². The third-order valence-corrected chi connectivity index (χ3v) is 4.20. The number of phenols is 1. The summed E-state index contributed by atoms with van der Waals surface area (Å²) in [6.07, 6.45) is 0. The van der Waals surface area contributed by atoms with E-state index in [0.717, 1.165) is 5.69 Å². The molecule has 8 heteroatoms. The van der Waals surface area contributed by atoms with E-state index in [9.17, 15) is 15.2 Å². The van der Waals surface area contributed by atoms with Crippen molar-refractivity contribution in [3.63, 3.8) is 0 Å². The highest BCUT2D eigenvalue weighted by molar-refractivity contribution is 6.12. The summed E-state index contributed by atoms with van der Waals surface area (Å²) < 4.78 is 0.405. The lowest BCUT2D eigenvalue weighted by Gasteiger charge is -2.25. The average Bonchev–Trinajstić information content (AvgIpc) is 2.61. The summed E-state index contributed by atoms with van der Waals surface area (Å²) in [5.41, 5.74) is 6.75. The summed E-state index contributed by atoms with van der Waals surface area (Å²) in [5, 5.41) is 31.4. The van der Waals surface area contributed by atoms with Gasteiger partial charge < -0.3 is 10.8 Å². The summed E-state index contributed by atoms with van der Waals surface area (Å²) in [4.78, 5) is 10.8. The van der Waals surface area contributed by atoms with E-state index in [1.807, 2.05) is 33.3 Å². The summed E-state index contributed by atoms with van der Waals surface area (Å²) in [7, 11) is 5.84. The highest BCUT2D eigenvalue weighted by Gasteiger charge is 2.30. The Morgan fingerprint density at radius 2 is 1.70 bits per heavy atom. The zero-order chi connectivity index (χ0) is 19.8. The molecule has 0 heterocycles. The van der Waals surface area contributed by atoms with Crippen LogP contribution in [0.15, 0.2) is 58.8 Å². The number of anilines is 1. The van der Waals surface area contributed by atoms with Gasteiger partial charge in [0.15, 0.2) is 0 Å². The molecule has 0 fully saturated rings. The van der Waals surface area contributed by atoms with E-state index >= 15 is 0 Å². The van der Waals surface area contributed by atoms with Crippen molar-refractivity contribution in [2.75, 3.05) is 26.9 Å². The van der Waals surface area contributed by atoms with Gasteiger partial charge in [-0.25, -0.2) is 0 Å². The van der Waals surface area contributed by atoms with Crippen LogP contribution >= 0.6 is 0 Å². The predicted molar refractivity (Wildman–Crippen MR) is 107 cm³/mol. The Labute approximate surface area is 155 Å². The van der Waals surface area contributed by atoms with E-state index in [0.29, 0.717) is 20.9 Å². The molecule has 8 nitrogen and oxygen atoms in total. The molecule has 0 aliphatic heterocycles. The molecule has 0 atom stereocenters. The van der Waals surface area contributed by atoms with Gasteiger partial charge in [0.05, 0.1) is 37.1 Å². The van der Waals surface area contributed by atoms with E-state index < -0.39 is 16.4 Å². The van der Waals surface area contributed by atoms with Crippen molar-refractivity contribution in [2.24, 2.45) is 10.2 Å². The number of aromatic hydroxyl groups is 1. The van der Waals surface area contributed by atoms with Gasteiger partial charge in [-0.2, -0.15) is 5.11 Å². The fourth-order valence-electron chi connectivity index (χ4n) is 2.94. The molecule has 27 heavy (non-hydrogen) atoms. The number of quaternary nitrogens is 1. The number of nitro benzene ring substituents is 1. The number of nitro groups is 1. The molecule has 0 aromatic heterocycles. The number of nitrogens with zero attached hydrogens (tertiary/aromatic N) is 4. The van der Waals surface area contributed by atoms with Crippen LogP contribution in [0.5, 0.6) is 5.75 Å². The first kappa shape index (κ1) is 18.3. The van der Waals surface area contributed by atoms with Crippen LogP contribution in [0.1, 0.15) is 0 Å². The first-order valence-electron chi connectivity index (χ1n) is 8.22. The predicted octanol–water partition coefficient (Wildman–Crippen LogP) is 4.65. The standard InChI is InChI=1S/C19H19N5O3/c1-24(2,3)14-11-7-10-13-15(14)17(19(25)18(16(13)20)23(26)27)22-21-12-8-5-4-6-9-12/h4-11H,1-3H3,(H2-,20,21,25)/p+1. The van der Waals surface area contributed by atoms with Gasteiger partial charge in [0.2, 0.25) is 5.75 Å².